The fourth-order valence-corrected chi connectivity index (χ4v) is 2.02. The zero-order valence-electron chi connectivity index (χ0n) is 13.1. The molecule has 2 N–H and O–H groups in total. The van der Waals surface area contributed by atoms with E-state index in [1.54, 1.807) is 23.2 Å². The minimum atomic E-state index is -0.352. The van der Waals surface area contributed by atoms with E-state index in [0.717, 1.165) is 0 Å². The first-order valence-corrected chi connectivity index (χ1v) is 7.33. The van der Waals surface area contributed by atoms with Crippen molar-refractivity contribution in [1.29, 1.82) is 0 Å². The zero-order chi connectivity index (χ0) is 15.8. The SMILES string of the molecule is CCNC(=O)c1cc(NC(C)C(=O)N(CC)CC)ccn1. The average molecular weight is 292 g/mol. The molecule has 1 atom stereocenters. The van der Waals surface area contributed by atoms with Crippen LogP contribution in [0, 0.1) is 0 Å². The Kier molecular flexibility index (Phi) is 6.65. The van der Waals surface area contributed by atoms with Crippen LogP contribution in [0.5, 0.6) is 0 Å². The van der Waals surface area contributed by atoms with Gasteiger partial charge >= 0.3 is 0 Å². The predicted octanol–water partition coefficient (Wildman–Crippen LogP) is 1.50. The number of nitrogens with zero attached hydrogens (tertiary/aromatic N) is 2. The lowest BCUT2D eigenvalue weighted by Crippen LogP contribution is -2.41. The maximum Gasteiger partial charge on any atom is 0.269 e. The van der Waals surface area contributed by atoms with E-state index in [-0.39, 0.29) is 17.9 Å². The van der Waals surface area contributed by atoms with Gasteiger partial charge in [0.25, 0.3) is 5.91 Å². The van der Waals surface area contributed by atoms with Crippen LogP contribution < -0.4 is 10.6 Å². The highest BCUT2D eigenvalue weighted by Crippen LogP contribution is 2.10. The minimum absolute atomic E-state index is 0.0383. The second-order valence-corrected chi connectivity index (χ2v) is 4.67. The highest BCUT2D eigenvalue weighted by atomic mass is 16.2. The maximum absolute atomic E-state index is 12.2. The van der Waals surface area contributed by atoms with Crippen molar-refractivity contribution in [3.8, 4) is 0 Å². The number of pyridine rings is 1. The van der Waals surface area contributed by atoms with Gasteiger partial charge in [0.15, 0.2) is 0 Å². The average Bonchev–Trinajstić information content (AvgIpc) is 2.48. The van der Waals surface area contributed by atoms with Crippen LogP contribution in [0.3, 0.4) is 0 Å². The Hall–Kier alpha value is -2.11. The van der Waals surface area contributed by atoms with E-state index >= 15 is 0 Å². The van der Waals surface area contributed by atoms with Crippen molar-refractivity contribution in [2.45, 2.75) is 33.7 Å². The number of carbonyl (C=O) groups is 2. The van der Waals surface area contributed by atoms with Gasteiger partial charge in [-0.1, -0.05) is 0 Å². The molecule has 1 heterocycles. The normalized spacial score (nSPS) is 11.6. The molecule has 0 aliphatic rings. The smallest absolute Gasteiger partial charge is 0.269 e. The van der Waals surface area contributed by atoms with E-state index in [1.165, 1.54) is 0 Å². The topological polar surface area (TPSA) is 74.3 Å². The number of anilines is 1. The Morgan fingerprint density at radius 3 is 2.52 bits per heavy atom. The van der Waals surface area contributed by atoms with Gasteiger partial charge in [0.05, 0.1) is 0 Å². The van der Waals surface area contributed by atoms with Gasteiger partial charge in [0.2, 0.25) is 5.91 Å². The van der Waals surface area contributed by atoms with Crippen molar-refractivity contribution in [1.82, 2.24) is 15.2 Å². The Morgan fingerprint density at radius 2 is 1.95 bits per heavy atom. The number of hydrogen-bond donors (Lipinski definition) is 2. The van der Waals surface area contributed by atoms with Crippen LogP contribution >= 0.6 is 0 Å². The Morgan fingerprint density at radius 1 is 1.29 bits per heavy atom. The number of carbonyl (C=O) groups excluding carboxylic acids is 2. The minimum Gasteiger partial charge on any atom is -0.374 e. The molecule has 116 valence electrons. The summed E-state index contributed by atoms with van der Waals surface area (Å²) in [7, 11) is 0. The molecule has 21 heavy (non-hydrogen) atoms. The molecule has 0 bridgehead atoms. The van der Waals surface area contributed by atoms with E-state index < -0.39 is 0 Å². The summed E-state index contributed by atoms with van der Waals surface area (Å²) < 4.78 is 0. The summed E-state index contributed by atoms with van der Waals surface area (Å²) in [6.45, 7) is 9.48. The van der Waals surface area contributed by atoms with Gasteiger partial charge in [0.1, 0.15) is 11.7 Å². The number of aromatic nitrogens is 1. The zero-order valence-corrected chi connectivity index (χ0v) is 13.1. The van der Waals surface area contributed by atoms with Crippen LogP contribution in [0.4, 0.5) is 5.69 Å². The number of rotatable bonds is 7. The fourth-order valence-electron chi connectivity index (χ4n) is 2.02. The molecule has 0 saturated carbocycles. The molecule has 0 radical (unpaired) electrons. The molecule has 1 rings (SSSR count). The lowest BCUT2D eigenvalue weighted by Gasteiger charge is -2.24. The molecule has 0 spiro atoms. The molecule has 1 aromatic rings. The number of amides is 2. The fraction of sp³-hybridized carbons (Fsp3) is 0.533. The second-order valence-electron chi connectivity index (χ2n) is 4.67. The quantitative estimate of drug-likeness (QED) is 0.798. The van der Waals surface area contributed by atoms with E-state index in [9.17, 15) is 9.59 Å². The summed E-state index contributed by atoms with van der Waals surface area (Å²) in [6.07, 6.45) is 1.56. The molecule has 0 saturated heterocycles. The van der Waals surface area contributed by atoms with Crippen molar-refractivity contribution in [3.05, 3.63) is 24.0 Å². The van der Waals surface area contributed by atoms with Gasteiger partial charge in [-0.3, -0.25) is 14.6 Å². The monoisotopic (exact) mass is 292 g/mol. The van der Waals surface area contributed by atoms with Gasteiger partial charge in [0, 0.05) is 31.5 Å². The van der Waals surface area contributed by atoms with Gasteiger partial charge in [-0.15, -0.1) is 0 Å². The van der Waals surface area contributed by atoms with Crippen molar-refractivity contribution >= 4 is 17.5 Å². The van der Waals surface area contributed by atoms with Crippen LogP contribution in [-0.4, -0.2) is 47.4 Å². The second kappa shape index (κ2) is 8.24. The lowest BCUT2D eigenvalue weighted by molar-refractivity contribution is -0.131. The Bertz CT molecular complexity index is 486. The first-order valence-electron chi connectivity index (χ1n) is 7.33. The molecule has 1 unspecified atom stereocenters. The number of hydrogen-bond acceptors (Lipinski definition) is 4. The molecular formula is C15H24N4O2. The largest absolute Gasteiger partial charge is 0.374 e. The molecule has 2 amide bonds. The third kappa shape index (κ3) is 4.73. The Labute approximate surface area is 125 Å². The standard InChI is InChI=1S/C15H24N4O2/c1-5-16-14(20)13-10-12(8-9-17-13)18-11(4)15(21)19(6-2)7-3/h8-11H,5-7H2,1-4H3,(H,16,20)(H,17,18). The van der Waals surface area contributed by atoms with E-state index in [2.05, 4.69) is 15.6 Å². The van der Waals surface area contributed by atoms with Crippen molar-refractivity contribution < 1.29 is 9.59 Å². The van der Waals surface area contributed by atoms with Crippen molar-refractivity contribution in [3.63, 3.8) is 0 Å². The van der Waals surface area contributed by atoms with Crippen LogP contribution in [-0.2, 0) is 4.79 Å². The van der Waals surface area contributed by atoms with Crippen molar-refractivity contribution in [2.24, 2.45) is 0 Å². The first-order chi connectivity index (χ1) is 10.0. The van der Waals surface area contributed by atoms with E-state index in [0.29, 0.717) is 31.0 Å². The van der Waals surface area contributed by atoms with Crippen molar-refractivity contribution in [2.75, 3.05) is 25.0 Å². The third-order valence-corrected chi connectivity index (χ3v) is 3.16. The summed E-state index contributed by atoms with van der Waals surface area (Å²) in [5, 5.41) is 5.81. The Balaban J connectivity index is 2.76. The first kappa shape index (κ1) is 16.9. The molecule has 6 nitrogen and oxygen atoms in total. The predicted molar refractivity (Wildman–Crippen MR) is 83.3 cm³/mol. The summed E-state index contributed by atoms with van der Waals surface area (Å²) >= 11 is 0. The van der Waals surface area contributed by atoms with Crippen LogP contribution in [0.1, 0.15) is 38.2 Å². The molecule has 0 aliphatic carbocycles. The molecule has 1 aromatic heterocycles. The van der Waals surface area contributed by atoms with Gasteiger partial charge < -0.3 is 15.5 Å². The summed E-state index contributed by atoms with van der Waals surface area (Å²) in [5.41, 5.74) is 1.04. The van der Waals surface area contributed by atoms with Crippen LogP contribution in [0.15, 0.2) is 18.3 Å². The number of likely N-dealkylation sites (N-methyl/N-ethyl adjacent to an activating group) is 1. The van der Waals surface area contributed by atoms with Gasteiger partial charge in [-0.05, 0) is 39.8 Å². The van der Waals surface area contributed by atoms with Crippen LogP contribution in [0.2, 0.25) is 0 Å². The summed E-state index contributed by atoms with van der Waals surface area (Å²) in [6, 6.07) is 3.04. The molecular weight excluding hydrogens is 268 g/mol. The molecule has 0 fully saturated rings. The summed E-state index contributed by atoms with van der Waals surface area (Å²) in [5.74, 6) is -0.180. The van der Waals surface area contributed by atoms with E-state index in [4.69, 9.17) is 0 Å². The maximum atomic E-state index is 12.2. The highest BCUT2D eigenvalue weighted by Gasteiger charge is 2.18. The molecule has 0 aromatic carbocycles. The number of nitrogens with one attached hydrogen (secondary N) is 2. The lowest BCUT2D eigenvalue weighted by atomic mass is 10.2. The van der Waals surface area contributed by atoms with Gasteiger partial charge in [-0.25, -0.2) is 0 Å². The highest BCUT2D eigenvalue weighted by molar-refractivity contribution is 5.93. The molecule has 6 heteroatoms. The summed E-state index contributed by atoms with van der Waals surface area (Å²) in [4.78, 5) is 29.7. The van der Waals surface area contributed by atoms with Crippen LogP contribution in [0.25, 0.3) is 0 Å². The van der Waals surface area contributed by atoms with Gasteiger partial charge in [-0.2, -0.15) is 0 Å². The molecule has 0 aliphatic heterocycles. The third-order valence-electron chi connectivity index (χ3n) is 3.16. The van der Waals surface area contributed by atoms with E-state index in [1.807, 2.05) is 27.7 Å².